The molecule has 15 heavy (non-hydrogen) atoms. The normalized spacial score (nSPS) is 11.8. The molecule has 0 atom stereocenters. The molecule has 2 N–H and O–H groups in total. The van der Waals surface area contributed by atoms with Crippen molar-refractivity contribution < 1.29 is 23.4 Å². The molecule has 0 unspecified atom stereocenters. The fourth-order valence-corrected chi connectivity index (χ4v) is 1.63. The van der Waals surface area contributed by atoms with Crippen molar-refractivity contribution in [3.8, 4) is 5.75 Å². The molecule has 0 fully saturated rings. The highest BCUT2D eigenvalue weighted by atomic mass is 79.9. The third-order valence-corrected chi connectivity index (χ3v) is 2.46. The van der Waals surface area contributed by atoms with Gasteiger partial charge < -0.3 is 10.2 Å². The molecular weight excluding hydrogens is 277 g/mol. The van der Waals surface area contributed by atoms with E-state index in [2.05, 4.69) is 15.9 Å². The standard InChI is InChI=1S/C9H8BrF3O2/c10-7-4-6(9(11,12)13)3-5(1-2-14)8(7)15/h3-4,14-15H,1-2H2. The summed E-state index contributed by atoms with van der Waals surface area (Å²) in [4.78, 5) is 0. The Morgan fingerprint density at radius 1 is 1.27 bits per heavy atom. The largest absolute Gasteiger partial charge is 0.506 e. The third-order valence-electron chi connectivity index (χ3n) is 1.85. The van der Waals surface area contributed by atoms with Gasteiger partial charge in [-0.15, -0.1) is 0 Å². The van der Waals surface area contributed by atoms with Crippen LogP contribution in [-0.4, -0.2) is 16.8 Å². The zero-order chi connectivity index (χ0) is 11.6. The minimum absolute atomic E-state index is 0.0195. The maximum Gasteiger partial charge on any atom is 0.416 e. The van der Waals surface area contributed by atoms with Crippen molar-refractivity contribution in [2.75, 3.05) is 6.61 Å². The van der Waals surface area contributed by atoms with Crippen LogP contribution in [0.5, 0.6) is 5.75 Å². The van der Waals surface area contributed by atoms with Crippen LogP contribution in [0.4, 0.5) is 13.2 Å². The van der Waals surface area contributed by atoms with Gasteiger partial charge in [0.2, 0.25) is 0 Å². The first kappa shape index (κ1) is 12.3. The molecule has 0 aliphatic rings. The van der Waals surface area contributed by atoms with Gasteiger partial charge in [-0.2, -0.15) is 13.2 Å². The summed E-state index contributed by atoms with van der Waals surface area (Å²) in [6, 6.07) is 1.63. The van der Waals surface area contributed by atoms with Gasteiger partial charge in [-0.3, -0.25) is 0 Å². The van der Waals surface area contributed by atoms with E-state index in [1.807, 2.05) is 0 Å². The fourth-order valence-electron chi connectivity index (χ4n) is 1.13. The highest BCUT2D eigenvalue weighted by Crippen LogP contribution is 2.37. The van der Waals surface area contributed by atoms with E-state index in [1.165, 1.54) is 0 Å². The maximum absolute atomic E-state index is 12.4. The van der Waals surface area contributed by atoms with Gasteiger partial charge in [-0.1, -0.05) is 0 Å². The second kappa shape index (κ2) is 4.40. The molecular formula is C9H8BrF3O2. The number of benzene rings is 1. The van der Waals surface area contributed by atoms with Crippen molar-refractivity contribution in [2.24, 2.45) is 0 Å². The zero-order valence-electron chi connectivity index (χ0n) is 7.48. The van der Waals surface area contributed by atoms with E-state index in [4.69, 9.17) is 5.11 Å². The number of hydrogen-bond acceptors (Lipinski definition) is 2. The lowest BCUT2D eigenvalue weighted by Crippen LogP contribution is -2.06. The van der Waals surface area contributed by atoms with Crippen molar-refractivity contribution in [2.45, 2.75) is 12.6 Å². The number of hydrogen-bond donors (Lipinski definition) is 2. The lowest BCUT2D eigenvalue weighted by Gasteiger charge is -2.11. The van der Waals surface area contributed by atoms with E-state index in [9.17, 15) is 18.3 Å². The summed E-state index contributed by atoms with van der Waals surface area (Å²) in [6.45, 7) is -0.318. The minimum atomic E-state index is -4.46. The molecule has 0 amide bonds. The first-order valence-electron chi connectivity index (χ1n) is 4.05. The fraction of sp³-hybridized carbons (Fsp3) is 0.333. The van der Waals surface area contributed by atoms with Crippen molar-refractivity contribution >= 4 is 15.9 Å². The summed E-state index contributed by atoms with van der Waals surface area (Å²) < 4.78 is 37.0. The average molecular weight is 285 g/mol. The molecule has 0 saturated carbocycles. The molecule has 0 radical (unpaired) electrons. The topological polar surface area (TPSA) is 40.5 Å². The molecule has 2 nitrogen and oxygen atoms in total. The van der Waals surface area contributed by atoms with Crippen LogP contribution in [0.15, 0.2) is 16.6 Å². The summed E-state index contributed by atoms with van der Waals surface area (Å²) in [5.41, 5.74) is -0.783. The molecule has 0 aliphatic carbocycles. The molecule has 6 heteroatoms. The predicted octanol–water partition coefficient (Wildman–Crippen LogP) is 2.71. The summed E-state index contributed by atoms with van der Waals surface area (Å²) in [5, 5.41) is 18.0. The quantitative estimate of drug-likeness (QED) is 0.877. The summed E-state index contributed by atoms with van der Waals surface area (Å²) in [6.07, 6.45) is -4.48. The van der Waals surface area contributed by atoms with Gasteiger partial charge in [0.1, 0.15) is 5.75 Å². The SMILES string of the molecule is OCCc1cc(C(F)(F)F)cc(Br)c1O. The van der Waals surface area contributed by atoms with Crippen LogP contribution in [-0.2, 0) is 12.6 Å². The molecule has 1 rings (SSSR count). The average Bonchev–Trinajstić information content (AvgIpc) is 2.11. The first-order valence-corrected chi connectivity index (χ1v) is 4.85. The molecule has 0 heterocycles. The van der Waals surface area contributed by atoms with Crippen LogP contribution in [0.3, 0.4) is 0 Å². The Kier molecular flexibility index (Phi) is 3.62. The van der Waals surface area contributed by atoms with E-state index >= 15 is 0 Å². The zero-order valence-corrected chi connectivity index (χ0v) is 9.06. The van der Waals surface area contributed by atoms with Gasteiger partial charge >= 0.3 is 6.18 Å². The molecule has 1 aromatic rings. The van der Waals surface area contributed by atoms with Crippen molar-refractivity contribution in [1.29, 1.82) is 0 Å². The monoisotopic (exact) mass is 284 g/mol. The Morgan fingerprint density at radius 3 is 2.33 bits per heavy atom. The lowest BCUT2D eigenvalue weighted by molar-refractivity contribution is -0.137. The summed E-state index contributed by atoms with van der Waals surface area (Å²) in [5.74, 6) is -0.267. The second-order valence-corrected chi connectivity index (χ2v) is 3.79. The van der Waals surface area contributed by atoms with Gasteiger partial charge in [0.15, 0.2) is 0 Å². The van der Waals surface area contributed by atoms with E-state index < -0.39 is 11.7 Å². The van der Waals surface area contributed by atoms with Crippen LogP contribution in [0.1, 0.15) is 11.1 Å². The van der Waals surface area contributed by atoms with Gasteiger partial charge in [0.05, 0.1) is 10.0 Å². The van der Waals surface area contributed by atoms with E-state index in [-0.39, 0.29) is 28.8 Å². The van der Waals surface area contributed by atoms with Crippen molar-refractivity contribution in [3.63, 3.8) is 0 Å². The molecule has 0 aliphatic heterocycles. The Balaban J connectivity index is 3.23. The van der Waals surface area contributed by atoms with Crippen molar-refractivity contribution in [1.82, 2.24) is 0 Å². The highest BCUT2D eigenvalue weighted by Gasteiger charge is 2.31. The molecule has 0 aromatic heterocycles. The number of phenols is 1. The lowest BCUT2D eigenvalue weighted by atomic mass is 10.1. The van der Waals surface area contributed by atoms with Gasteiger partial charge in [0, 0.05) is 6.61 Å². The number of alkyl halides is 3. The van der Waals surface area contributed by atoms with Gasteiger partial charge in [-0.05, 0) is 40.0 Å². The van der Waals surface area contributed by atoms with Crippen LogP contribution in [0.2, 0.25) is 0 Å². The van der Waals surface area contributed by atoms with E-state index in [0.29, 0.717) is 0 Å². The van der Waals surface area contributed by atoms with Crippen LogP contribution < -0.4 is 0 Å². The number of aromatic hydroxyl groups is 1. The predicted molar refractivity (Wildman–Crippen MR) is 51.6 cm³/mol. The molecule has 0 bridgehead atoms. The Bertz CT molecular complexity index is 363. The van der Waals surface area contributed by atoms with E-state index in [1.54, 1.807) is 0 Å². The summed E-state index contributed by atoms with van der Waals surface area (Å²) in [7, 11) is 0. The minimum Gasteiger partial charge on any atom is -0.506 e. The Morgan fingerprint density at radius 2 is 1.87 bits per heavy atom. The molecule has 0 spiro atoms. The van der Waals surface area contributed by atoms with Gasteiger partial charge in [0.25, 0.3) is 0 Å². The number of rotatable bonds is 2. The third kappa shape index (κ3) is 2.85. The van der Waals surface area contributed by atoms with Crippen LogP contribution >= 0.6 is 15.9 Å². The molecule has 1 aromatic carbocycles. The smallest absolute Gasteiger partial charge is 0.416 e. The summed E-state index contributed by atoms with van der Waals surface area (Å²) >= 11 is 2.83. The molecule has 84 valence electrons. The van der Waals surface area contributed by atoms with E-state index in [0.717, 1.165) is 12.1 Å². The number of aliphatic hydroxyl groups is 1. The van der Waals surface area contributed by atoms with Crippen molar-refractivity contribution in [3.05, 3.63) is 27.7 Å². The van der Waals surface area contributed by atoms with Crippen LogP contribution in [0.25, 0.3) is 0 Å². The highest BCUT2D eigenvalue weighted by molar-refractivity contribution is 9.10. The Labute approximate surface area is 92.5 Å². The Hall–Kier alpha value is -0.750. The maximum atomic E-state index is 12.4. The van der Waals surface area contributed by atoms with Gasteiger partial charge in [-0.25, -0.2) is 0 Å². The van der Waals surface area contributed by atoms with Crippen LogP contribution in [0, 0.1) is 0 Å². The number of aliphatic hydroxyl groups excluding tert-OH is 1. The molecule has 0 saturated heterocycles. The number of halogens is 4. The number of phenolic OH excluding ortho intramolecular Hbond substituents is 1. The first-order chi connectivity index (χ1) is 6.86. The second-order valence-electron chi connectivity index (χ2n) is 2.94.